The fourth-order valence-electron chi connectivity index (χ4n) is 3.53. The molecule has 0 saturated carbocycles. The predicted octanol–water partition coefficient (Wildman–Crippen LogP) is 2.89. The van der Waals surface area contributed by atoms with Gasteiger partial charge < -0.3 is 9.80 Å². The average Bonchev–Trinajstić information content (AvgIpc) is 3.04. The van der Waals surface area contributed by atoms with Crippen LogP contribution in [0.25, 0.3) is 0 Å². The zero-order chi connectivity index (χ0) is 19.4. The topological polar surface area (TPSA) is 70.6 Å². The number of hydrogen-bond donors (Lipinski definition) is 0. The fourth-order valence-corrected chi connectivity index (χ4v) is 5.26. The summed E-state index contributed by atoms with van der Waals surface area (Å²) in [6.45, 7) is 5.17. The average molecular weight is 388 g/mol. The smallest absolute Gasteiger partial charge is 0.272 e. The molecule has 27 heavy (non-hydrogen) atoms. The first kappa shape index (κ1) is 19.4. The zero-order valence-electron chi connectivity index (χ0n) is 15.7. The van der Waals surface area contributed by atoms with Gasteiger partial charge in [-0.2, -0.15) is 0 Å². The number of nitrogens with zero attached hydrogens (tertiary/aromatic N) is 3. The summed E-state index contributed by atoms with van der Waals surface area (Å²) in [5.74, 6) is -0.0209. The Hall–Kier alpha value is -2.41. The van der Waals surface area contributed by atoms with Crippen LogP contribution in [0.2, 0.25) is 0 Å². The molecule has 1 aliphatic rings. The summed E-state index contributed by atoms with van der Waals surface area (Å²) in [4.78, 5) is 21.0. The highest BCUT2D eigenvalue weighted by atomic mass is 32.2. The normalized spacial score (nSPS) is 18.2. The molecule has 1 amide bonds. The van der Waals surface area contributed by atoms with E-state index in [1.807, 2.05) is 43.3 Å². The molecule has 1 unspecified atom stereocenters. The van der Waals surface area contributed by atoms with Crippen LogP contribution in [0.1, 0.15) is 30.8 Å². The Kier molecular flexibility index (Phi) is 5.79. The second-order valence-corrected chi connectivity index (χ2v) is 8.86. The van der Waals surface area contributed by atoms with Crippen molar-refractivity contribution in [1.82, 2.24) is 9.88 Å². The molecule has 1 aromatic heterocycles. The van der Waals surface area contributed by atoms with Gasteiger partial charge in [0, 0.05) is 24.8 Å². The highest BCUT2D eigenvalue weighted by Gasteiger charge is 2.34. The van der Waals surface area contributed by atoms with Gasteiger partial charge in [0.25, 0.3) is 5.91 Å². The second kappa shape index (κ2) is 8.08. The van der Waals surface area contributed by atoms with E-state index in [-0.39, 0.29) is 23.5 Å². The summed E-state index contributed by atoms with van der Waals surface area (Å²) in [6, 6.07) is 13.3. The molecule has 2 heterocycles. The molecule has 144 valence electrons. The Bertz CT molecular complexity index is 882. The highest BCUT2D eigenvalue weighted by Crippen LogP contribution is 2.25. The summed E-state index contributed by atoms with van der Waals surface area (Å²) in [7, 11) is -3.04. The predicted molar refractivity (Wildman–Crippen MR) is 107 cm³/mol. The standard InChI is InChI=1S/C20H25N3O3S/c1-3-22(16-8-6-5-7-9-16)17-10-11-19(21-14-17)20(24)23(4-2)18-12-13-27(25,26)15-18/h5-11,14,18H,3-4,12-13,15H2,1-2H3. The molecule has 0 N–H and O–H groups in total. The van der Waals surface area contributed by atoms with Gasteiger partial charge in [0.15, 0.2) is 9.84 Å². The van der Waals surface area contributed by atoms with Crippen molar-refractivity contribution in [2.75, 3.05) is 29.5 Å². The largest absolute Gasteiger partial charge is 0.341 e. The van der Waals surface area contributed by atoms with Crippen LogP contribution in [-0.4, -0.2) is 54.8 Å². The van der Waals surface area contributed by atoms with Crippen molar-refractivity contribution < 1.29 is 13.2 Å². The fraction of sp³-hybridized carbons (Fsp3) is 0.400. The maximum atomic E-state index is 12.8. The van der Waals surface area contributed by atoms with Crippen molar-refractivity contribution in [2.45, 2.75) is 26.3 Å². The summed E-state index contributed by atoms with van der Waals surface area (Å²) >= 11 is 0. The third-order valence-electron chi connectivity index (χ3n) is 4.91. The van der Waals surface area contributed by atoms with Crippen molar-refractivity contribution >= 4 is 27.1 Å². The zero-order valence-corrected chi connectivity index (χ0v) is 16.5. The molecule has 1 aliphatic heterocycles. The van der Waals surface area contributed by atoms with Gasteiger partial charge in [-0.05, 0) is 44.5 Å². The summed E-state index contributed by atoms with van der Waals surface area (Å²) < 4.78 is 23.5. The van der Waals surface area contributed by atoms with Gasteiger partial charge in [-0.25, -0.2) is 13.4 Å². The molecule has 1 saturated heterocycles. The van der Waals surface area contributed by atoms with E-state index in [0.717, 1.165) is 17.9 Å². The first-order valence-corrected chi connectivity index (χ1v) is 11.1. The first-order chi connectivity index (χ1) is 12.9. The number of carbonyl (C=O) groups is 1. The van der Waals surface area contributed by atoms with E-state index in [4.69, 9.17) is 0 Å². The number of pyridine rings is 1. The molecule has 7 heteroatoms. The SMILES string of the molecule is CCN(c1ccccc1)c1ccc(C(=O)N(CC)C2CCS(=O)(=O)C2)nc1. The molecular formula is C20H25N3O3S. The van der Waals surface area contributed by atoms with Crippen molar-refractivity contribution in [1.29, 1.82) is 0 Å². The second-order valence-electron chi connectivity index (χ2n) is 6.63. The van der Waals surface area contributed by atoms with E-state index in [1.54, 1.807) is 17.2 Å². The third kappa shape index (κ3) is 4.30. The molecule has 2 aromatic rings. The van der Waals surface area contributed by atoms with Crippen LogP contribution in [0.3, 0.4) is 0 Å². The lowest BCUT2D eigenvalue weighted by Gasteiger charge is -2.27. The van der Waals surface area contributed by atoms with Gasteiger partial charge in [0.2, 0.25) is 0 Å². The Morgan fingerprint density at radius 3 is 2.33 bits per heavy atom. The van der Waals surface area contributed by atoms with Crippen molar-refractivity contribution in [3.8, 4) is 0 Å². The Labute approximate surface area is 160 Å². The minimum atomic E-state index is -3.04. The van der Waals surface area contributed by atoms with Crippen LogP contribution in [0.4, 0.5) is 11.4 Å². The number of carbonyl (C=O) groups excluding carboxylic acids is 1. The summed E-state index contributed by atoms with van der Waals surface area (Å²) in [5, 5.41) is 0. The number of rotatable bonds is 6. The molecule has 0 radical (unpaired) electrons. The summed E-state index contributed by atoms with van der Waals surface area (Å²) in [6.07, 6.45) is 2.20. The maximum absolute atomic E-state index is 12.8. The number of aromatic nitrogens is 1. The van der Waals surface area contributed by atoms with Crippen LogP contribution < -0.4 is 4.90 Å². The van der Waals surface area contributed by atoms with E-state index in [2.05, 4.69) is 16.8 Å². The molecule has 3 rings (SSSR count). The molecule has 1 atom stereocenters. The Balaban J connectivity index is 1.78. The lowest BCUT2D eigenvalue weighted by atomic mass is 10.2. The number of anilines is 2. The number of sulfone groups is 1. The van der Waals surface area contributed by atoms with Gasteiger partial charge in [-0.15, -0.1) is 0 Å². The molecular weight excluding hydrogens is 362 g/mol. The lowest BCUT2D eigenvalue weighted by Crippen LogP contribution is -2.41. The van der Waals surface area contributed by atoms with Crippen LogP contribution >= 0.6 is 0 Å². The Morgan fingerprint density at radius 2 is 1.81 bits per heavy atom. The van der Waals surface area contributed by atoms with Gasteiger partial charge in [0.1, 0.15) is 5.69 Å². The van der Waals surface area contributed by atoms with E-state index in [0.29, 0.717) is 18.7 Å². The number of para-hydroxylation sites is 1. The molecule has 1 fully saturated rings. The van der Waals surface area contributed by atoms with Crippen LogP contribution in [0, 0.1) is 0 Å². The molecule has 0 bridgehead atoms. The quantitative estimate of drug-likeness (QED) is 0.762. The monoisotopic (exact) mass is 387 g/mol. The highest BCUT2D eigenvalue weighted by molar-refractivity contribution is 7.91. The van der Waals surface area contributed by atoms with Gasteiger partial charge in [-0.1, -0.05) is 18.2 Å². The van der Waals surface area contributed by atoms with E-state index in [9.17, 15) is 13.2 Å². The molecule has 0 spiro atoms. The van der Waals surface area contributed by atoms with Crippen LogP contribution in [0.5, 0.6) is 0 Å². The third-order valence-corrected chi connectivity index (χ3v) is 6.66. The number of benzene rings is 1. The van der Waals surface area contributed by atoms with Gasteiger partial charge in [-0.3, -0.25) is 4.79 Å². The van der Waals surface area contributed by atoms with Crippen molar-refractivity contribution in [3.05, 3.63) is 54.4 Å². The first-order valence-electron chi connectivity index (χ1n) is 9.25. The molecule has 0 aliphatic carbocycles. The van der Waals surface area contributed by atoms with E-state index >= 15 is 0 Å². The molecule has 1 aromatic carbocycles. The van der Waals surface area contributed by atoms with Crippen molar-refractivity contribution in [2.24, 2.45) is 0 Å². The van der Waals surface area contributed by atoms with Crippen molar-refractivity contribution in [3.63, 3.8) is 0 Å². The molecule has 6 nitrogen and oxygen atoms in total. The maximum Gasteiger partial charge on any atom is 0.272 e. The van der Waals surface area contributed by atoms with Crippen LogP contribution in [0.15, 0.2) is 48.7 Å². The summed E-state index contributed by atoms with van der Waals surface area (Å²) in [5.41, 5.74) is 2.31. The van der Waals surface area contributed by atoms with Crippen LogP contribution in [-0.2, 0) is 9.84 Å². The lowest BCUT2D eigenvalue weighted by molar-refractivity contribution is 0.0702. The Morgan fingerprint density at radius 1 is 1.07 bits per heavy atom. The minimum Gasteiger partial charge on any atom is -0.341 e. The van der Waals surface area contributed by atoms with E-state index < -0.39 is 9.84 Å². The number of amides is 1. The van der Waals surface area contributed by atoms with E-state index in [1.165, 1.54) is 0 Å². The minimum absolute atomic E-state index is 0.0439. The number of hydrogen-bond acceptors (Lipinski definition) is 5. The van der Waals surface area contributed by atoms with Gasteiger partial charge in [0.05, 0.1) is 23.4 Å². The van der Waals surface area contributed by atoms with Gasteiger partial charge >= 0.3 is 0 Å².